The van der Waals surface area contributed by atoms with E-state index in [1.54, 1.807) is 9.42 Å². The second kappa shape index (κ2) is 8.55. The van der Waals surface area contributed by atoms with E-state index in [1.807, 2.05) is 13.8 Å². The fraction of sp³-hybridized carbons (Fsp3) is 0.435. The molecule has 2 aliphatic heterocycles. The fourth-order valence-electron chi connectivity index (χ4n) is 4.61. The highest BCUT2D eigenvalue weighted by Crippen LogP contribution is 2.32. The van der Waals surface area contributed by atoms with Crippen LogP contribution in [0.1, 0.15) is 39.4 Å². The minimum atomic E-state index is -0.457. The van der Waals surface area contributed by atoms with Crippen molar-refractivity contribution in [1.82, 2.24) is 24.4 Å². The fourth-order valence-corrected chi connectivity index (χ4v) is 4.74. The predicted molar refractivity (Wildman–Crippen MR) is 120 cm³/mol. The summed E-state index contributed by atoms with van der Waals surface area (Å²) in [4.78, 5) is 21.8. The maximum Gasteiger partial charge on any atom is 0.258 e. The monoisotopic (exact) mass is 473 g/mol. The molecule has 4 heterocycles. The van der Waals surface area contributed by atoms with Gasteiger partial charge in [-0.25, -0.2) is 13.9 Å². The third-order valence-corrected chi connectivity index (χ3v) is 6.90. The van der Waals surface area contributed by atoms with Crippen molar-refractivity contribution in [2.24, 2.45) is 0 Å². The number of aliphatic hydroxyl groups is 1. The Labute approximate surface area is 195 Å². The summed E-state index contributed by atoms with van der Waals surface area (Å²) < 4.78 is 21.8. The second-order valence-electron chi connectivity index (χ2n) is 8.61. The number of halogens is 2. The summed E-state index contributed by atoms with van der Waals surface area (Å²) in [6.07, 6.45) is 0.591. The highest BCUT2D eigenvalue weighted by molar-refractivity contribution is 6.31. The molecule has 1 amide bonds. The van der Waals surface area contributed by atoms with Crippen LogP contribution in [0.25, 0.3) is 5.65 Å². The number of carbonyl (C=O) groups excluding carboxylic acids is 1. The summed E-state index contributed by atoms with van der Waals surface area (Å²) in [5, 5.41) is 14.3. The number of aryl methyl sites for hydroxylation is 2. The van der Waals surface area contributed by atoms with Crippen molar-refractivity contribution in [2.75, 3.05) is 26.2 Å². The molecule has 33 heavy (non-hydrogen) atoms. The molecule has 0 spiro atoms. The highest BCUT2D eigenvalue weighted by atomic mass is 35.5. The lowest BCUT2D eigenvalue weighted by Crippen LogP contribution is -2.29. The van der Waals surface area contributed by atoms with Gasteiger partial charge in [-0.1, -0.05) is 11.6 Å². The van der Waals surface area contributed by atoms with E-state index in [1.165, 1.54) is 18.2 Å². The van der Waals surface area contributed by atoms with Gasteiger partial charge in [0.25, 0.3) is 5.91 Å². The van der Waals surface area contributed by atoms with Gasteiger partial charge in [0, 0.05) is 31.3 Å². The Morgan fingerprint density at radius 2 is 2.15 bits per heavy atom. The lowest BCUT2D eigenvalue weighted by atomic mass is 10.1. The number of aromatic nitrogens is 3. The molecule has 0 bridgehead atoms. The van der Waals surface area contributed by atoms with Gasteiger partial charge in [0.2, 0.25) is 0 Å². The number of nitrogens with zero attached hydrogens (tertiary/aromatic N) is 5. The van der Waals surface area contributed by atoms with E-state index >= 15 is 0 Å². The predicted octanol–water partition coefficient (Wildman–Crippen LogP) is 2.74. The number of rotatable bonds is 5. The van der Waals surface area contributed by atoms with E-state index in [0.717, 1.165) is 35.6 Å². The molecule has 174 valence electrons. The Kier molecular flexibility index (Phi) is 5.72. The minimum Gasteiger partial charge on any atom is -0.488 e. The van der Waals surface area contributed by atoms with Gasteiger partial charge in [0.1, 0.15) is 17.7 Å². The quantitative estimate of drug-likeness (QED) is 0.613. The van der Waals surface area contributed by atoms with Gasteiger partial charge >= 0.3 is 0 Å². The number of fused-ring (bicyclic) bond motifs is 3. The van der Waals surface area contributed by atoms with Crippen LogP contribution in [0.2, 0.25) is 5.02 Å². The minimum absolute atomic E-state index is 0.0790. The Bertz CT molecular complexity index is 1250. The van der Waals surface area contributed by atoms with Crippen LogP contribution >= 0.6 is 11.6 Å². The molecule has 2 aliphatic rings. The number of hydrogen-bond acceptors (Lipinski definition) is 6. The van der Waals surface area contributed by atoms with Gasteiger partial charge in [-0.15, -0.1) is 0 Å². The first-order valence-electron chi connectivity index (χ1n) is 11.0. The summed E-state index contributed by atoms with van der Waals surface area (Å²) in [5.41, 5.74) is 4.22. The summed E-state index contributed by atoms with van der Waals surface area (Å²) >= 11 is 6.32. The molecule has 1 aromatic carbocycles. The van der Waals surface area contributed by atoms with Crippen molar-refractivity contribution in [2.45, 2.75) is 39.5 Å². The lowest BCUT2D eigenvalue weighted by Gasteiger charge is -2.21. The summed E-state index contributed by atoms with van der Waals surface area (Å²) in [6, 6.07) is 4.02. The van der Waals surface area contributed by atoms with Gasteiger partial charge in [0.05, 0.1) is 47.4 Å². The molecule has 1 saturated heterocycles. The Morgan fingerprint density at radius 1 is 1.33 bits per heavy atom. The van der Waals surface area contributed by atoms with E-state index in [2.05, 4.69) is 15.0 Å². The molecular formula is C23H25ClFN5O3. The number of ether oxygens (including phenoxy) is 1. The second-order valence-corrected chi connectivity index (χ2v) is 8.99. The van der Waals surface area contributed by atoms with Crippen molar-refractivity contribution in [3.05, 3.63) is 57.2 Å². The third-order valence-electron chi connectivity index (χ3n) is 6.36. The number of benzene rings is 1. The van der Waals surface area contributed by atoms with Gasteiger partial charge in [-0.3, -0.25) is 9.69 Å². The van der Waals surface area contributed by atoms with E-state index in [9.17, 15) is 9.18 Å². The zero-order valence-electron chi connectivity index (χ0n) is 18.5. The van der Waals surface area contributed by atoms with Crippen molar-refractivity contribution >= 4 is 23.2 Å². The molecule has 5 rings (SSSR count). The van der Waals surface area contributed by atoms with Crippen LogP contribution in [0.15, 0.2) is 18.2 Å². The van der Waals surface area contributed by atoms with E-state index in [0.29, 0.717) is 42.4 Å². The Balaban J connectivity index is 1.38. The maximum absolute atomic E-state index is 14.0. The normalized spacial score (nSPS) is 18.3. The summed E-state index contributed by atoms with van der Waals surface area (Å²) in [5.74, 6) is -0.457. The molecule has 10 heteroatoms. The van der Waals surface area contributed by atoms with E-state index in [-0.39, 0.29) is 24.4 Å². The van der Waals surface area contributed by atoms with Gasteiger partial charge in [0.15, 0.2) is 5.65 Å². The largest absolute Gasteiger partial charge is 0.488 e. The first-order valence-corrected chi connectivity index (χ1v) is 11.4. The van der Waals surface area contributed by atoms with Crippen LogP contribution in [-0.4, -0.2) is 67.8 Å². The average molecular weight is 474 g/mol. The SMILES string of the molecule is Cc1nc2c3c(nn2c(C)c1Cl)CN(C(=O)c1ccc(F)cc1OC1CCN(CCO)C1)C3. The molecule has 0 aliphatic carbocycles. The van der Waals surface area contributed by atoms with Crippen molar-refractivity contribution in [1.29, 1.82) is 0 Å². The van der Waals surface area contributed by atoms with Crippen molar-refractivity contribution < 1.29 is 19.0 Å². The molecule has 0 radical (unpaired) electrons. The molecule has 8 nitrogen and oxygen atoms in total. The van der Waals surface area contributed by atoms with Crippen LogP contribution in [-0.2, 0) is 13.1 Å². The van der Waals surface area contributed by atoms with Crippen molar-refractivity contribution in [3.63, 3.8) is 0 Å². The zero-order chi connectivity index (χ0) is 23.3. The molecule has 1 atom stereocenters. The van der Waals surface area contributed by atoms with Crippen LogP contribution in [0.3, 0.4) is 0 Å². The van der Waals surface area contributed by atoms with E-state index < -0.39 is 5.82 Å². The smallest absolute Gasteiger partial charge is 0.258 e. The summed E-state index contributed by atoms with van der Waals surface area (Å²) in [6.45, 7) is 6.50. The van der Waals surface area contributed by atoms with Gasteiger partial charge in [-0.2, -0.15) is 5.10 Å². The number of likely N-dealkylation sites (tertiary alicyclic amines) is 1. The molecular weight excluding hydrogens is 449 g/mol. The lowest BCUT2D eigenvalue weighted by molar-refractivity contribution is 0.0742. The average Bonchev–Trinajstić information content (AvgIpc) is 3.48. The molecule has 1 fully saturated rings. The van der Waals surface area contributed by atoms with Gasteiger partial charge < -0.3 is 14.7 Å². The zero-order valence-corrected chi connectivity index (χ0v) is 19.3. The highest BCUT2D eigenvalue weighted by Gasteiger charge is 2.32. The Morgan fingerprint density at radius 3 is 2.94 bits per heavy atom. The molecule has 1 unspecified atom stereocenters. The standard InChI is InChI=1S/C23H25ClFN5O3/c1-13-21(24)14(2)30-22(26-13)18-11-29(12-19(18)27-30)23(32)17-4-3-15(25)9-20(17)33-16-5-6-28(10-16)7-8-31/h3-4,9,16,31H,5-8,10-12H2,1-2H3. The number of β-amino-alcohol motifs (C(OH)–C–C–N with tert-alkyl or cyclic N) is 1. The van der Waals surface area contributed by atoms with Crippen molar-refractivity contribution in [3.8, 4) is 5.75 Å². The number of hydrogen-bond donors (Lipinski definition) is 1. The number of aliphatic hydroxyl groups excluding tert-OH is 1. The van der Waals surface area contributed by atoms with E-state index in [4.69, 9.17) is 21.4 Å². The number of amides is 1. The molecule has 3 aromatic rings. The summed E-state index contributed by atoms with van der Waals surface area (Å²) in [7, 11) is 0. The van der Waals surface area contributed by atoms with Crippen LogP contribution in [0, 0.1) is 19.7 Å². The topological polar surface area (TPSA) is 83.2 Å². The van der Waals surface area contributed by atoms with Crippen LogP contribution in [0.5, 0.6) is 5.75 Å². The molecule has 0 saturated carbocycles. The first kappa shape index (κ1) is 22.1. The number of carbonyl (C=O) groups is 1. The maximum atomic E-state index is 14.0. The molecule has 1 N–H and O–H groups in total. The van der Waals surface area contributed by atoms with Crippen LogP contribution in [0.4, 0.5) is 4.39 Å². The van der Waals surface area contributed by atoms with Crippen LogP contribution < -0.4 is 4.74 Å². The Hall–Kier alpha value is -2.75. The molecule has 2 aromatic heterocycles. The first-order chi connectivity index (χ1) is 15.9. The van der Waals surface area contributed by atoms with Gasteiger partial charge in [-0.05, 0) is 32.4 Å². The third kappa shape index (κ3) is 3.94.